The molecule has 0 unspecified atom stereocenters. The van der Waals surface area contributed by atoms with Crippen molar-refractivity contribution in [3.8, 4) is 11.5 Å². The maximum absolute atomic E-state index is 12.4. The van der Waals surface area contributed by atoms with E-state index in [1.165, 1.54) is 7.11 Å². The smallest absolute Gasteiger partial charge is 0.410 e. The number of phenolic OH excluding ortho intramolecular Hbond substituents is 1. The van der Waals surface area contributed by atoms with Gasteiger partial charge in [-0.15, -0.1) is 0 Å². The van der Waals surface area contributed by atoms with Gasteiger partial charge in [-0.1, -0.05) is 6.07 Å². The Labute approximate surface area is 130 Å². The molecule has 3 N–H and O–H groups in total. The normalized spacial score (nSPS) is 21.8. The van der Waals surface area contributed by atoms with Gasteiger partial charge in [0.15, 0.2) is 11.5 Å². The van der Waals surface area contributed by atoms with Crippen molar-refractivity contribution in [2.75, 3.05) is 13.7 Å². The van der Waals surface area contributed by atoms with E-state index in [1.54, 1.807) is 23.1 Å². The van der Waals surface area contributed by atoms with E-state index in [-0.39, 0.29) is 23.9 Å². The second-order valence-electron chi connectivity index (χ2n) is 6.50. The van der Waals surface area contributed by atoms with Crippen LogP contribution in [0.4, 0.5) is 4.79 Å². The molecule has 0 aromatic heterocycles. The molecule has 0 bridgehead atoms. The molecule has 1 amide bonds. The summed E-state index contributed by atoms with van der Waals surface area (Å²) in [6.07, 6.45) is 0.324. The number of hydrogen-bond donors (Lipinski definition) is 2. The van der Waals surface area contributed by atoms with Crippen LogP contribution in [0, 0.1) is 0 Å². The van der Waals surface area contributed by atoms with Gasteiger partial charge in [-0.25, -0.2) is 4.79 Å². The summed E-state index contributed by atoms with van der Waals surface area (Å²) in [6, 6.07) is 4.55. The summed E-state index contributed by atoms with van der Waals surface area (Å²) in [4.78, 5) is 14.0. The molecule has 6 nitrogen and oxygen atoms in total. The Kier molecular flexibility index (Phi) is 4.51. The molecule has 1 aromatic carbocycles. The van der Waals surface area contributed by atoms with Gasteiger partial charge in [0, 0.05) is 12.6 Å². The van der Waals surface area contributed by atoms with Gasteiger partial charge in [0.1, 0.15) is 5.60 Å². The highest BCUT2D eigenvalue weighted by atomic mass is 16.6. The maximum Gasteiger partial charge on any atom is 0.410 e. The number of nitrogens with zero attached hydrogens (tertiary/aromatic N) is 1. The lowest BCUT2D eigenvalue weighted by Gasteiger charge is -2.30. The van der Waals surface area contributed by atoms with E-state index in [0.29, 0.717) is 18.7 Å². The number of rotatable bonds is 2. The minimum absolute atomic E-state index is 0.0571. The minimum atomic E-state index is -0.555. The number of carbonyl (C=O) groups is 1. The van der Waals surface area contributed by atoms with E-state index in [9.17, 15) is 9.90 Å². The molecule has 1 aromatic rings. The molecular weight excluding hydrogens is 284 g/mol. The molecule has 1 saturated heterocycles. The number of nitrogens with two attached hydrogens (primary N) is 1. The molecule has 0 radical (unpaired) electrons. The van der Waals surface area contributed by atoms with Gasteiger partial charge in [-0.3, -0.25) is 4.90 Å². The zero-order valence-corrected chi connectivity index (χ0v) is 13.5. The van der Waals surface area contributed by atoms with Gasteiger partial charge in [-0.2, -0.15) is 0 Å². The first-order valence-electron chi connectivity index (χ1n) is 7.35. The van der Waals surface area contributed by atoms with Crippen molar-refractivity contribution in [3.63, 3.8) is 0 Å². The van der Waals surface area contributed by atoms with Gasteiger partial charge in [0.2, 0.25) is 0 Å². The largest absolute Gasteiger partial charge is 0.504 e. The number of ether oxygens (including phenoxy) is 2. The summed E-state index contributed by atoms with van der Waals surface area (Å²) in [5, 5.41) is 9.71. The Morgan fingerprint density at radius 3 is 2.68 bits per heavy atom. The Morgan fingerprint density at radius 1 is 1.41 bits per heavy atom. The number of aromatic hydroxyl groups is 1. The first-order valence-corrected chi connectivity index (χ1v) is 7.35. The molecule has 2 rings (SSSR count). The molecule has 22 heavy (non-hydrogen) atoms. The van der Waals surface area contributed by atoms with Crippen molar-refractivity contribution in [2.24, 2.45) is 5.73 Å². The standard InChI is InChI=1S/C16H24N2O4/c1-16(2,3)22-15(20)18-8-7-11(17)14(18)10-5-6-12(19)13(9-10)21-4/h5-6,9,11,14,19H,7-8,17H2,1-4H3/t11-,14-/m0/s1. The molecule has 1 fully saturated rings. The lowest BCUT2D eigenvalue weighted by atomic mass is 10.0. The first-order chi connectivity index (χ1) is 10.2. The number of methoxy groups -OCH3 is 1. The summed E-state index contributed by atoms with van der Waals surface area (Å²) in [5.41, 5.74) is 6.45. The molecule has 1 aliphatic rings. The molecule has 0 aliphatic carbocycles. The average molecular weight is 308 g/mol. The van der Waals surface area contributed by atoms with Crippen molar-refractivity contribution in [1.29, 1.82) is 0 Å². The second-order valence-corrected chi connectivity index (χ2v) is 6.50. The Balaban J connectivity index is 2.28. The molecule has 1 aliphatic heterocycles. The molecule has 0 saturated carbocycles. The first kappa shape index (κ1) is 16.4. The monoisotopic (exact) mass is 308 g/mol. The average Bonchev–Trinajstić information content (AvgIpc) is 2.79. The van der Waals surface area contributed by atoms with Gasteiger partial charge >= 0.3 is 6.09 Å². The van der Waals surface area contributed by atoms with Crippen molar-refractivity contribution in [2.45, 2.75) is 44.9 Å². The third-order valence-corrected chi connectivity index (χ3v) is 3.62. The molecular formula is C16H24N2O4. The molecule has 2 atom stereocenters. The van der Waals surface area contributed by atoms with Crippen LogP contribution in [0.25, 0.3) is 0 Å². The highest BCUT2D eigenvalue weighted by Gasteiger charge is 2.38. The summed E-state index contributed by atoms with van der Waals surface area (Å²) < 4.78 is 10.6. The number of benzene rings is 1. The van der Waals surface area contributed by atoms with E-state index in [2.05, 4.69) is 0 Å². The van der Waals surface area contributed by atoms with Gasteiger partial charge in [-0.05, 0) is 44.9 Å². The summed E-state index contributed by atoms with van der Waals surface area (Å²) in [5.74, 6) is 0.419. The Bertz CT molecular complexity index is 554. The fraction of sp³-hybridized carbons (Fsp3) is 0.562. The van der Waals surface area contributed by atoms with E-state index >= 15 is 0 Å². The van der Waals surface area contributed by atoms with Crippen LogP contribution in [0.15, 0.2) is 18.2 Å². The number of carbonyl (C=O) groups excluding carboxylic acids is 1. The number of amides is 1. The molecule has 0 spiro atoms. The number of phenols is 1. The van der Waals surface area contributed by atoms with Crippen molar-refractivity contribution < 1.29 is 19.4 Å². The van der Waals surface area contributed by atoms with Crippen LogP contribution in [-0.4, -0.2) is 41.4 Å². The third kappa shape index (κ3) is 3.44. The highest BCUT2D eigenvalue weighted by molar-refractivity contribution is 5.69. The predicted octanol–water partition coefficient (Wildman–Crippen LogP) is 2.41. The SMILES string of the molecule is COc1cc([C@H]2[C@@H](N)CCN2C(=O)OC(C)(C)C)ccc1O. The lowest BCUT2D eigenvalue weighted by Crippen LogP contribution is -2.39. The summed E-state index contributed by atoms with van der Waals surface area (Å²) in [6.45, 7) is 6.04. The van der Waals surface area contributed by atoms with Crippen LogP contribution < -0.4 is 10.5 Å². The molecule has 1 heterocycles. The van der Waals surface area contributed by atoms with Gasteiger partial charge in [0.25, 0.3) is 0 Å². The van der Waals surface area contributed by atoms with E-state index < -0.39 is 5.60 Å². The number of likely N-dealkylation sites (tertiary alicyclic amines) is 1. The van der Waals surface area contributed by atoms with Crippen molar-refractivity contribution in [1.82, 2.24) is 4.90 Å². The Morgan fingerprint density at radius 2 is 2.09 bits per heavy atom. The van der Waals surface area contributed by atoms with E-state index in [4.69, 9.17) is 15.2 Å². The van der Waals surface area contributed by atoms with Gasteiger partial charge in [0.05, 0.1) is 13.2 Å². The molecule has 6 heteroatoms. The quantitative estimate of drug-likeness (QED) is 0.876. The fourth-order valence-corrected chi connectivity index (χ4v) is 2.65. The van der Waals surface area contributed by atoms with Crippen LogP contribution >= 0.6 is 0 Å². The van der Waals surface area contributed by atoms with E-state index in [1.807, 2.05) is 20.8 Å². The van der Waals surface area contributed by atoms with E-state index in [0.717, 1.165) is 5.56 Å². The summed E-state index contributed by atoms with van der Waals surface area (Å²) in [7, 11) is 1.49. The second kappa shape index (κ2) is 6.04. The fourth-order valence-electron chi connectivity index (χ4n) is 2.65. The minimum Gasteiger partial charge on any atom is -0.504 e. The zero-order valence-electron chi connectivity index (χ0n) is 13.5. The molecule has 122 valence electrons. The third-order valence-electron chi connectivity index (χ3n) is 3.62. The Hall–Kier alpha value is -1.95. The zero-order chi connectivity index (χ0) is 16.5. The van der Waals surface area contributed by atoms with Gasteiger partial charge < -0.3 is 20.3 Å². The van der Waals surface area contributed by atoms with Crippen LogP contribution in [0.1, 0.15) is 38.8 Å². The van der Waals surface area contributed by atoms with Crippen LogP contribution in [0.5, 0.6) is 11.5 Å². The lowest BCUT2D eigenvalue weighted by molar-refractivity contribution is 0.0218. The van der Waals surface area contributed by atoms with Crippen molar-refractivity contribution >= 4 is 6.09 Å². The van der Waals surface area contributed by atoms with Crippen molar-refractivity contribution in [3.05, 3.63) is 23.8 Å². The van der Waals surface area contributed by atoms with Crippen LogP contribution in [0.2, 0.25) is 0 Å². The predicted molar refractivity (Wildman–Crippen MR) is 82.9 cm³/mol. The van der Waals surface area contributed by atoms with Crippen LogP contribution in [0.3, 0.4) is 0 Å². The maximum atomic E-state index is 12.4. The highest BCUT2D eigenvalue weighted by Crippen LogP contribution is 2.36. The van der Waals surface area contributed by atoms with Crippen LogP contribution in [-0.2, 0) is 4.74 Å². The summed E-state index contributed by atoms with van der Waals surface area (Å²) >= 11 is 0. The topological polar surface area (TPSA) is 85.0 Å². The number of hydrogen-bond acceptors (Lipinski definition) is 5.